The molecule has 0 fully saturated rings. The minimum Gasteiger partial charge on any atom is -0.309 e. The maximum atomic E-state index is 4.20. The molecule has 0 unspecified atom stereocenters. The van der Waals surface area contributed by atoms with E-state index in [1.165, 1.54) is 82.4 Å². The number of rotatable bonds is 3. The van der Waals surface area contributed by atoms with Crippen LogP contribution in [0.25, 0.3) is 82.4 Å². The summed E-state index contributed by atoms with van der Waals surface area (Å²) < 4.78 is 2.43. The fourth-order valence-electron chi connectivity index (χ4n) is 6.78. The quantitative estimate of drug-likeness (QED) is 0.239. The molecule has 9 rings (SSSR count). The molecule has 0 N–H and O–H groups in total. The highest BCUT2D eigenvalue weighted by atomic mass is 15.0. The molecule has 1 aliphatic rings. The zero-order valence-corrected chi connectivity index (χ0v) is 21.1. The van der Waals surface area contributed by atoms with Crippen molar-refractivity contribution in [1.82, 2.24) is 9.55 Å². The van der Waals surface area contributed by atoms with Crippen LogP contribution in [0.5, 0.6) is 0 Å². The van der Waals surface area contributed by atoms with Crippen molar-refractivity contribution in [2.75, 3.05) is 0 Å². The van der Waals surface area contributed by atoms with Crippen LogP contribution in [-0.4, -0.2) is 9.55 Å². The Balaban J connectivity index is 1.22. The van der Waals surface area contributed by atoms with E-state index in [4.69, 9.17) is 0 Å². The number of fused-ring (bicyclic) bond motifs is 2. The summed E-state index contributed by atoms with van der Waals surface area (Å²) in [5, 5.41) is 7.97. The van der Waals surface area contributed by atoms with Gasteiger partial charge in [0.15, 0.2) is 0 Å². The monoisotopic (exact) mass is 494 g/mol. The Kier molecular flexibility index (Phi) is 4.08. The first-order chi connectivity index (χ1) is 19.4. The molecule has 2 heterocycles. The van der Waals surface area contributed by atoms with Crippen LogP contribution in [0.2, 0.25) is 0 Å². The molecule has 39 heavy (non-hydrogen) atoms. The second-order valence-electron chi connectivity index (χ2n) is 10.4. The average molecular weight is 495 g/mol. The maximum absolute atomic E-state index is 4.20. The third-order valence-electron chi connectivity index (χ3n) is 8.44. The summed E-state index contributed by atoms with van der Waals surface area (Å²) in [6.45, 7) is 0. The van der Waals surface area contributed by atoms with E-state index in [9.17, 15) is 0 Å². The van der Waals surface area contributed by atoms with Crippen molar-refractivity contribution in [1.29, 1.82) is 0 Å². The minimum absolute atomic E-state index is 1.19. The van der Waals surface area contributed by atoms with Crippen LogP contribution < -0.4 is 0 Å². The van der Waals surface area contributed by atoms with Crippen LogP contribution in [-0.2, 0) is 0 Å². The predicted molar refractivity (Wildman–Crippen MR) is 163 cm³/mol. The van der Waals surface area contributed by atoms with E-state index in [-0.39, 0.29) is 0 Å². The molecule has 0 amide bonds. The Morgan fingerprint density at radius 3 is 1.79 bits per heavy atom. The second-order valence-corrected chi connectivity index (χ2v) is 10.4. The van der Waals surface area contributed by atoms with Crippen LogP contribution in [0.1, 0.15) is 0 Å². The number of pyridine rings is 1. The van der Waals surface area contributed by atoms with Crippen molar-refractivity contribution >= 4 is 43.4 Å². The molecular weight excluding hydrogens is 472 g/mol. The van der Waals surface area contributed by atoms with Crippen molar-refractivity contribution in [3.8, 4) is 39.1 Å². The molecule has 0 bridgehead atoms. The summed E-state index contributed by atoms with van der Waals surface area (Å²) in [6, 6.07) is 44.4. The molecule has 0 spiro atoms. The van der Waals surface area contributed by atoms with E-state index in [2.05, 4.69) is 131 Å². The standard InChI is InChI=1S/C37H22N2/c1-2-7-30-28(24-19-21-38-22-20-24)17-16-27(29(30)6-1)23-11-14-26(15-12-23)39-33-10-4-9-32-31-8-3-5-25-13-18-34(39)37(35(25)31)36(32)33/h1-22H. The van der Waals surface area contributed by atoms with Gasteiger partial charge in [0.05, 0.1) is 11.0 Å². The topological polar surface area (TPSA) is 17.8 Å². The van der Waals surface area contributed by atoms with Crippen molar-refractivity contribution in [3.63, 3.8) is 0 Å². The molecule has 0 saturated heterocycles. The van der Waals surface area contributed by atoms with Gasteiger partial charge in [0.2, 0.25) is 0 Å². The lowest BCUT2D eigenvalue weighted by Crippen LogP contribution is -1.95. The lowest BCUT2D eigenvalue weighted by Gasteiger charge is -2.14. The number of nitrogens with zero attached hydrogens (tertiary/aromatic N) is 2. The summed E-state index contributed by atoms with van der Waals surface area (Å²) >= 11 is 0. The van der Waals surface area contributed by atoms with Gasteiger partial charge in [-0.2, -0.15) is 0 Å². The molecule has 0 saturated carbocycles. The van der Waals surface area contributed by atoms with Gasteiger partial charge >= 0.3 is 0 Å². The van der Waals surface area contributed by atoms with Gasteiger partial charge in [0, 0.05) is 28.9 Å². The smallest absolute Gasteiger partial charge is 0.0547 e. The minimum atomic E-state index is 1.19. The lowest BCUT2D eigenvalue weighted by atomic mass is 9.92. The van der Waals surface area contributed by atoms with E-state index in [0.29, 0.717) is 0 Å². The van der Waals surface area contributed by atoms with E-state index >= 15 is 0 Å². The summed E-state index contributed by atoms with van der Waals surface area (Å²) in [7, 11) is 0. The largest absolute Gasteiger partial charge is 0.309 e. The first-order valence-corrected chi connectivity index (χ1v) is 13.4. The summed E-state index contributed by atoms with van der Waals surface area (Å²) in [6.07, 6.45) is 3.72. The summed E-state index contributed by atoms with van der Waals surface area (Å²) in [5.74, 6) is 0. The van der Waals surface area contributed by atoms with Crippen molar-refractivity contribution in [2.45, 2.75) is 0 Å². The van der Waals surface area contributed by atoms with E-state index in [1.54, 1.807) is 0 Å². The zero-order valence-electron chi connectivity index (χ0n) is 21.1. The number of benzene rings is 6. The van der Waals surface area contributed by atoms with Crippen LogP contribution >= 0.6 is 0 Å². The highest BCUT2D eigenvalue weighted by Crippen LogP contribution is 2.49. The van der Waals surface area contributed by atoms with E-state index in [1.807, 2.05) is 12.4 Å². The highest BCUT2D eigenvalue weighted by Gasteiger charge is 2.24. The van der Waals surface area contributed by atoms with Crippen molar-refractivity contribution in [3.05, 3.63) is 134 Å². The van der Waals surface area contributed by atoms with Gasteiger partial charge in [0.1, 0.15) is 0 Å². The van der Waals surface area contributed by atoms with Gasteiger partial charge < -0.3 is 4.57 Å². The predicted octanol–water partition coefficient (Wildman–Crippen LogP) is 9.80. The van der Waals surface area contributed by atoms with Crippen molar-refractivity contribution < 1.29 is 0 Å². The lowest BCUT2D eigenvalue weighted by molar-refractivity contribution is 1.18. The van der Waals surface area contributed by atoms with Crippen molar-refractivity contribution in [2.24, 2.45) is 0 Å². The SMILES string of the molecule is c1cc2c3c(c1)ccc1c3c3c-2cccc3n1-c1ccc(-c2ccc(-c3ccncc3)c3ccccc23)cc1. The average Bonchev–Trinajstić information content (AvgIpc) is 3.54. The third-order valence-corrected chi connectivity index (χ3v) is 8.44. The molecular formula is C37H22N2. The van der Waals surface area contributed by atoms with Crippen LogP contribution in [0.4, 0.5) is 0 Å². The highest BCUT2D eigenvalue weighted by molar-refractivity contribution is 6.33. The van der Waals surface area contributed by atoms with Gasteiger partial charge in [-0.05, 0) is 91.3 Å². The summed E-state index contributed by atoms with van der Waals surface area (Å²) in [4.78, 5) is 4.20. The van der Waals surface area contributed by atoms with E-state index in [0.717, 1.165) is 0 Å². The number of aromatic nitrogens is 2. The van der Waals surface area contributed by atoms with Gasteiger partial charge in [-0.3, -0.25) is 4.98 Å². The zero-order chi connectivity index (χ0) is 25.5. The van der Waals surface area contributed by atoms with Crippen LogP contribution in [0, 0.1) is 0 Å². The van der Waals surface area contributed by atoms with Gasteiger partial charge in [-0.15, -0.1) is 0 Å². The Hall–Kier alpha value is -5.21. The summed E-state index contributed by atoms with van der Waals surface area (Å²) in [5.41, 5.74) is 11.3. The molecule has 2 heteroatoms. The first-order valence-electron chi connectivity index (χ1n) is 13.4. The molecule has 0 atom stereocenters. The van der Waals surface area contributed by atoms with Crippen LogP contribution in [0.3, 0.4) is 0 Å². The molecule has 6 aromatic carbocycles. The normalized spacial score (nSPS) is 12.1. The fraction of sp³-hybridized carbons (Fsp3) is 0. The second kappa shape index (κ2) is 7.66. The van der Waals surface area contributed by atoms with Gasteiger partial charge in [-0.1, -0.05) is 84.9 Å². The first kappa shape index (κ1) is 20.8. The molecule has 0 radical (unpaired) electrons. The van der Waals surface area contributed by atoms with Gasteiger partial charge in [-0.25, -0.2) is 0 Å². The Morgan fingerprint density at radius 1 is 0.410 bits per heavy atom. The Morgan fingerprint density at radius 2 is 1.05 bits per heavy atom. The maximum Gasteiger partial charge on any atom is 0.0547 e. The molecule has 1 aliphatic carbocycles. The Labute approximate surface area is 225 Å². The number of hydrogen-bond donors (Lipinski definition) is 0. The fourth-order valence-corrected chi connectivity index (χ4v) is 6.78. The Bertz CT molecular complexity index is 2250. The molecule has 180 valence electrons. The van der Waals surface area contributed by atoms with Crippen LogP contribution in [0.15, 0.2) is 134 Å². The molecule has 8 aromatic rings. The molecule has 0 aliphatic heterocycles. The number of hydrogen-bond acceptors (Lipinski definition) is 1. The van der Waals surface area contributed by atoms with Gasteiger partial charge in [0.25, 0.3) is 0 Å². The molecule has 2 aromatic heterocycles. The third kappa shape index (κ3) is 2.78. The molecule has 2 nitrogen and oxygen atoms in total. The van der Waals surface area contributed by atoms with E-state index < -0.39 is 0 Å².